The summed E-state index contributed by atoms with van der Waals surface area (Å²) in [5.74, 6) is -0.725. The molecular weight excluding hydrogens is 533 g/mol. The van der Waals surface area contributed by atoms with Crippen LogP contribution in [-0.4, -0.2) is 46.6 Å². The number of ether oxygens (including phenoxy) is 1. The molecule has 210 valence electrons. The van der Waals surface area contributed by atoms with Crippen LogP contribution in [0.1, 0.15) is 71.4 Å². The predicted octanol–water partition coefficient (Wildman–Crippen LogP) is 5.30. The first-order valence-corrected chi connectivity index (χ1v) is 13.5. The third-order valence-electron chi connectivity index (χ3n) is 7.90. The fourth-order valence-electron chi connectivity index (χ4n) is 4.81. The molecule has 1 saturated carbocycles. The quantitative estimate of drug-likeness (QED) is 0.227. The number of aromatic nitrogens is 1. The lowest BCUT2D eigenvalue weighted by Crippen LogP contribution is -2.49. The fraction of sp³-hybridized carbons (Fsp3) is 0.387. The van der Waals surface area contributed by atoms with E-state index in [4.69, 9.17) is 16.3 Å². The lowest BCUT2D eigenvalue weighted by molar-refractivity contribution is -0.146. The van der Waals surface area contributed by atoms with E-state index < -0.39 is 22.6 Å². The molecular formula is C31H33ClFN3O4. The summed E-state index contributed by atoms with van der Waals surface area (Å²) in [5, 5.41) is 30.6. The van der Waals surface area contributed by atoms with Crippen LogP contribution in [-0.2, 0) is 22.6 Å². The van der Waals surface area contributed by atoms with Gasteiger partial charge in [0.25, 0.3) is 0 Å². The van der Waals surface area contributed by atoms with Crippen molar-refractivity contribution in [2.75, 3.05) is 20.3 Å². The van der Waals surface area contributed by atoms with E-state index in [2.05, 4.69) is 4.98 Å². The zero-order chi connectivity index (χ0) is 29.1. The standard InChI is InChI=1S/C31H33ClFN3O4/c1-4-29(2,39)24-13-22(18-37)28(27(33)14-24)31(23-6-8-25(32)9-7-23,40-20-30(19-38)11-12-30)36(3)17-26-10-5-21(15-34)16-35-26/h5-10,13-14,16,18,38-39H,4,11-12,17,19-20H2,1-3H3/t29?,31-/m1/s1. The molecule has 1 heterocycles. The van der Waals surface area contributed by atoms with Gasteiger partial charge in [0.1, 0.15) is 11.9 Å². The molecule has 1 fully saturated rings. The van der Waals surface area contributed by atoms with Crippen molar-refractivity contribution in [2.45, 2.75) is 51.0 Å². The minimum Gasteiger partial charge on any atom is -0.396 e. The average molecular weight is 566 g/mol. The Hall–Kier alpha value is -3.19. The Balaban J connectivity index is 1.97. The number of nitrogens with zero attached hydrogens (tertiary/aromatic N) is 3. The van der Waals surface area contributed by atoms with Crippen molar-refractivity contribution in [2.24, 2.45) is 5.41 Å². The second kappa shape index (κ2) is 11.7. The van der Waals surface area contributed by atoms with E-state index >= 15 is 4.39 Å². The topological polar surface area (TPSA) is 107 Å². The summed E-state index contributed by atoms with van der Waals surface area (Å²) in [6.07, 6.45) is 3.84. The van der Waals surface area contributed by atoms with E-state index in [0.717, 1.165) is 12.8 Å². The van der Waals surface area contributed by atoms with Crippen molar-refractivity contribution < 1.29 is 24.1 Å². The summed E-state index contributed by atoms with van der Waals surface area (Å²) in [6, 6.07) is 14.9. The van der Waals surface area contributed by atoms with E-state index in [9.17, 15) is 20.3 Å². The number of hydrogen-bond donors (Lipinski definition) is 2. The zero-order valence-electron chi connectivity index (χ0n) is 22.8. The molecule has 0 radical (unpaired) electrons. The first-order chi connectivity index (χ1) is 19.0. The van der Waals surface area contributed by atoms with Crippen molar-refractivity contribution >= 4 is 17.9 Å². The zero-order valence-corrected chi connectivity index (χ0v) is 23.6. The summed E-state index contributed by atoms with van der Waals surface area (Å²) in [4.78, 5) is 18.7. The monoisotopic (exact) mass is 565 g/mol. The second-order valence-electron chi connectivity index (χ2n) is 10.8. The highest BCUT2D eigenvalue weighted by Gasteiger charge is 2.49. The SMILES string of the molecule is CCC(C)(O)c1cc(F)c([C@](OCC2(CO)CC2)(c2ccc(Cl)cc2)N(C)Cc2ccc(C#N)cn2)c(C=O)c1. The van der Waals surface area contributed by atoms with Gasteiger partial charge in [-0.15, -0.1) is 0 Å². The smallest absolute Gasteiger partial charge is 0.177 e. The highest BCUT2D eigenvalue weighted by atomic mass is 35.5. The Morgan fingerprint density at radius 3 is 2.45 bits per heavy atom. The Bertz CT molecular complexity index is 1400. The van der Waals surface area contributed by atoms with Gasteiger partial charge in [-0.1, -0.05) is 30.7 Å². The van der Waals surface area contributed by atoms with Crippen LogP contribution in [0.2, 0.25) is 5.02 Å². The van der Waals surface area contributed by atoms with Gasteiger partial charge in [0, 0.05) is 39.9 Å². The summed E-state index contributed by atoms with van der Waals surface area (Å²) in [6.45, 7) is 3.51. The highest BCUT2D eigenvalue weighted by molar-refractivity contribution is 6.30. The minimum atomic E-state index is -1.65. The van der Waals surface area contributed by atoms with Gasteiger partial charge in [0.05, 0.1) is 30.1 Å². The number of aliphatic hydroxyl groups excluding tert-OH is 1. The van der Waals surface area contributed by atoms with Gasteiger partial charge in [-0.05, 0) is 75.2 Å². The molecule has 0 bridgehead atoms. The van der Waals surface area contributed by atoms with Gasteiger partial charge < -0.3 is 14.9 Å². The molecule has 0 amide bonds. The maximum absolute atomic E-state index is 16.4. The average Bonchev–Trinajstić information content (AvgIpc) is 3.75. The van der Waals surface area contributed by atoms with Gasteiger partial charge in [-0.2, -0.15) is 5.26 Å². The van der Waals surface area contributed by atoms with Crippen LogP contribution in [0.25, 0.3) is 0 Å². The highest BCUT2D eigenvalue weighted by Crippen LogP contribution is 2.49. The Morgan fingerprint density at radius 1 is 1.23 bits per heavy atom. The first-order valence-electron chi connectivity index (χ1n) is 13.1. The van der Waals surface area contributed by atoms with Crippen molar-refractivity contribution in [1.82, 2.24) is 9.88 Å². The van der Waals surface area contributed by atoms with Crippen molar-refractivity contribution in [3.8, 4) is 6.07 Å². The number of benzene rings is 2. The largest absolute Gasteiger partial charge is 0.396 e. The van der Waals surface area contributed by atoms with Crippen LogP contribution in [0.15, 0.2) is 54.7 Å². The van der Waals surface area contributed by atoms with Crippen LogP contribution in [0.4, 0.5) is 4.39 Å². The normalized spacial score (nSPS) is 17.1. The molecule has 1 aliphatic carbocycles. The van der Waals surface area contributed by atoms with Crippen molar-refractivity contribution in [1.29, 1.82) is 5.26 Å². The number of halogens is 2. The number of hydrogen-bond acceptors (Lipinski definition) is 7. The molecule has 0 spiro atoms. The summed E-state index contributed by atoms with van der Waals surface area (Å²) in [5.41, 5.74) is -1.70. The maximum atomic E-state index is 16.4. The van der Waals surface area contributed by atoms with E-state index in [1.54, 1.807) is 62.2 Å². The number of carbonyl (C=O) groups excluding carboxylic acids is 1. The first kappa shape index (κ1) is 29.8. The van der Waals surface area contributed by atoms with E-state index in [0.29, 0.717) is 34.6 Å². The lowest BCUT2D eigenvalue weighted by Gasteiger charge is -2.44. The molecule has 1 unspecified atom stereocenters. The minimum absolute atomic E-state index is 0.0205. The van der Waals surface area contributed by atoms with E-state index in [1.165, 1.54) is 18.3 Å². The number of pyridine rings is 1. The maximum Gasteiger partial charge on any atom is 0.177 e. The Kier molecular flexibility index (Phi) is 8.74. The number of aliphatic hydroxyl groups is 2. The van der Waals surface area contributed by atoms with Crippen LogP contribution < -0.4 is 0 Å². The summed E-state index contributed by atoms with van der Waals surface area (Å²) >= 11 is 6.22. The van der Waals surface area contributed by atoms with Gasteiger partial charge in [0.2, 0.25) is 0 Å². The van der Waals surface area contributed by atoms with E-state index in [1.807, 2.05) is 6.07 Å². The number of rotatable bonds is 12. The molecule has 2 N–H and O–H groups in total. The third kappa shape index (κ3) is 5.80. The Morgan fingerprint density at radius 2 is 1.93 bits per heavy atom. The molecule has 2 atom stereocenters. The van der Waals surface area contributed by atoms with Crippen molar-refractivity contribution in [3.63, 3.8) is 0 Å². The molecule has 2 aromatic carbocycles. The van der Waals surface area contributed by atoms with Crippen LogP contribution in [0.3, 0.4) is 0 Å². The Labute approximate surface area is 238 Å². The van der Waals surface area contributed by atoms with Gasteiger partial charge in [0.15, 0.2) is 12.0 Å². The molecule has 3 aromatic rings. The number of carbonyl (C=O) groups is 1. The molecule has 40 heavy (non-hydrogen) atoms. The number of aldehydes is 1. The van der Waals surface area contributed by atoms with Crippen molar-refractivity contribution in [3.05, 3.63) is 99.1 Å². The van der Waals surface area contributed by atoms with Gasteiger partial charge >= 0.3 is 0 Å². The van der Waals surface area contributed by atoms with Crippen LogP contribution >= 0.6 is 11.6 Å². The second-order valence-corrected chi connectivity index (χ2v) is 11.2. The molecule has 9 heteroatoms. The van der Waals surface area contributed by atoms with Crippen LogP contribution in [0, 0.1) is 22.6 Å². The molecule has 0 aliphatic heterocycles. The van der Waals surface area contributed by atoms with Gasteiger partial charge in [-0.25, -0.2) is 4.39 Å². The summed E-state index contributed by atoms with van der Waals surface area (Å²) in [7, 11) is 1.73. The van der Waals surface area contributed by atoms with Gasteiger partial charge in [-0.3, -0.25) is 14.7 Å². The predicted molar refractivity (Wildman–Crippen MR) is 149 cm³/mol. The molecule has 1 aromatic heterocycles. The van der Waals surface area contributed by atoms with Crippen LogP contribution in [0.5, 0.6) is 0 Å². The molecule has 1 aliphatic rings. The molecule has 7 nitrogen and oxygen atoms in total. The third-order valence-corrected chi connectivity index (χ3v) is 8.15. The molecule has 0 saturated heterocycles. The summed E-state index contributed by atoms with van der Waals surface area (Å²) < 4.78 is 23.1. The van der Waals surface area contributed by atoms with E-state index in [-0.39, 0.29) is 36.4 Å². The molecule has 4 rings (SSSR count). The fourth-order valence-corrected chi connectivity index (χ4v) is 4.94. The lowest BCUT2D eigenvalue weighted by atomic mass is 9.84. The number of nitriles is 1.